The van der Waals surface area contributed by atoms with Crippen LogP contribution in [-0.4, -0.2) is 26.4 Å². The topological polar surface area (TPSA) is 64.8 Å². The molecular weight excluding hydrogens is 288 g/mol. The number of aryl methyl sites for hydroxylation is 2. The maximum atomic E-state index is 12.2. The van der Waals surface area contributed by atoms with Crippen LogP contribution >= 0.6 is 0 Å². The molecule has 0 spiro atoms. The van der Waals surface area contributed by atoms with E-state index in [0.29, 0.717) is 12.4 Å². The molecule has 4 rings (SSSR count). The fourth-order valence-corrected chi connectivity index (χ4v) is 3.41. The summed E-state index contributed by atoms with van der Waals surface area (Å²) in [6.07, 6.45) is 2.92. The minimum atomic E-state index is 0.00625. The number of hydrogen-bond donors (Lipinski definition) is 2. The zero-order valence-corrected chi connectivity index (χ0v) is 13.4. The van der Waals surface area contributed by atoms with Crippen LogP contribution in [0.15, 0.2) is 29.2 Å². The lowest BCUT2D eigenvalue weighted by Gasteiger charge is -2.27. The lowest BCUT2D eigenvalue weighted by molar-refractivity contribution is 0.242. The van der Waals surface area contributed by atoms with Crippen LogP contribution in [0.5, 0.6) is 0 Å². The second-order valence-electron chi connectivity index (χ2n) is 6.40. The number of nitrogens with one attached hydrogen (secondary N) is 2. The van der Waals surface area contributed by atoms with Crippen molar-refractivity contribution in [2.45, 2.75) is 33.4 Å². The van der Waals surface area contributed by atoms with Gasteiger partial charge < -0.3 is 9.97 Å². The Balaban J connectivity index is 1.61. The maximum Gasteiger partial charge on any atom is 0.255 e. The molecular formula is C18H20N4O. The number of fused-ring (bicyclic) bond motifs is 2. The van der Waals surface area contributed by atoms with Crippen molar-refractivity contribution >= 4 is 10.9 Å². The van der Waals surface area contributed by atoms with Gasteiger partial charge in [-0.1, -0.05) is 12.1 Å². The Kier molecular flexibility index (Phi) is 3.31. The summed E-state index contributed by atoms with van der Waals surface area (Å²) in [6.45, 7) is 6.37. The van der Waals surface area contributed by atoms with E-state index in [2.05, 4.69) is 51.2 Å². The van der Waals surface area contributed by atoms with Gasteiger partial charge in [0, 0.05) is 43.2 Å². The molecule has 0 fully saturated rings. The second kappa shape index (κ2) is 5.35. The maximum absolute atomic E-state index is 12.2. The summed E-state index contributed by atoms with van der Waals surface area (Å²) in [4.78, 5) is 25.1. The third-order valence-corrected chi connectivity index (χ3v) is 4.58. The van der Waals surface area contributed by atoms with E-state index in [-0.39, 0.29) is 5.56 Å². The highest BCUT2D eigenvalue weighted by Crippen LogP contribution is 2.23. The van der Waals surface area contributed by atoms with Gasteiger partial charge in [-0.2, -0.15) is 0 Å². The van der Waals surface area contributed by atoms with Crippen LogP contribution < -0.4 is 5.56 Å². The minimum absolute atomic E-state index is 0.00625. The smallest absolute Gasteiger partial charge is 0.255 e. The van der Waals surface area contributed by atoms with E-state index in [0.717, 1.165) is 30.8 Å². The third kappa shape index (κ3) is 2.57. The lowest BCUT2D eigenvalue weighted by Crippen LogP contribution is -2.35. The zero-order valence-electron chi connectivity index (χ0n) is 13.4. The van der Waals surface area contributed by atoms with E-state index in [4.69, 9.17) is 0 Å². The summed E-state index contributed by atoms with van der Waals surface area (Å²) in [6, 6.07) is 6.48. The van der Waals surface area contributed by atoms with Crippen LogP contribution in [0.4, 0.5) is 0 Å². The number of aromatic nitrogens is 3. The Morgan fingerprint density at radius 3 is 3.04 bits per heavy atom. The predicted molar refractivity (Wildman–Crippen MR) is 90.4 cm³/mol. The van der Waals surface area contributed by atoms with Gasteiger partial charge in [-0.25, -0.2) is 4.98 Å². The molecule has 5 heteroatoms. The molecule has 5 nitrogen and oxygen atoms in total. The standard InChI is InChI=1S/C18H20N4O/c1-11-3-4-14-13(8-19-17(14)7-11)9-22-6-5-16-15(10-22)18(23)21-12(2)20-16/h3-4,7-8,19H,5-6,9-10H2,1-2H3,(H,20,21,23). The number of hydrogen-bond acceptors (Lipinski definition) is 3. The predicted octanol–water partition coefficient (Wildman–Crippen LogP) is 2.43. The fourth-order valence-electron chi connectivity index (χ4n) is 3.41. The number of rotatable bonds is 2. The van der Waals surface area contributed by atoms with E-state index in [1.807, 2.05) is 6.92 Å². The van der Waals surface area contributed by atoms with Crippen molar-refractivity contribution in [1.29, 1.82) is 0 Å². The molecule has 0 bridgehead atoms. The number of H-pyrrole nitrogens is 2. The molecule has 0 radical (unpaired) electrons. The van der Waals surface area contributed by atoms with E-state index >= 15 is 0 Å². The zero-order chi connectivity index (χ0) is 16.0. The monoisotopic (exact) mass is 308 g/mol. The highest BCUT2D eigenvalue weighted by atomic mass is 16.1. The first-order valence-corrected chi connectivity index (χ1v) is 7.98. The average molecular weight is 308 g/mol. The van der Waals surface area contributed by atoms with Crippen molar-refractivity contribution in [3.05, 3.63) is 63.0 Å². The second-order valence-corrected chi connectivity index (χ2v) is 6.40. The first-order valence-electron chi connectivity index (χ1n) is 7.98. The Bertz CT molecular complexity index is 938. The van der Waals surface area contributed by atoms with Crippen LogP contribution in [0.25, 0.3) is 10.9 Å². The van der Waals surface area contributed by atoms with Crippen LogP contribution in [0.2, 0.25) is 0 Å². The van der Waals surface area contributed by atoms with E-state index in [1.165, 1.54) is 22.0 Å². The minimum Gasteiger partial charge on any atom is -0.361 e. The molecule has 2 aromatic heterocycles. The van der Waals surface area contributed by atoms with Crippen molar-refractivity contribution < 1.29 is 0 Å². The van der Waals surface area contributed by atoms with E-state index in [1.54, 1.807) is 0 Å². The largest absolute Gasteiger partial charge is 0.361 e. The normalized spacial score (nSPS) is 15.0. The van der Waals surface area contributed by atoms with Gasteiger partial charge in [-0.3, -0.25) is 9.69 Å². The Morgan fingerprint density at radius 2 is 2.17 bits per heavy atom. The molecule has 0 saturated carbocycles. The van der Waals surface area contributed by atoms with Crippen molar-refractivity contribution in [3.63, 3.8) is 0 Å². The van der Waals surface area contributed by atoms with Gasteiger partial charge in [-0.15, -0.1) is 0 Å². The number of nitrogens with zero attached hydrogens (tertiary/aromatic N) is 2. The summed E-state index contributed by atoms with van der Waals surface area (Å²) in [5, 5.41) is 1.26. The SMILES string of the molecule is Cc1ccc2c(CN3CCc4nc(C)[nH]c(=O)c4C3)c[nH]c2c1. The number of benzene rings is 1. The Labute approximate surface area is 134 Å². The highest BCUT2D eigenvalue weighted by molar-refractivity contribution is 5.83. The number of aromatic amines is 2. The van der Waals surface area contributed by atoms with Gasteiger partial charge >= 0.3 is 0 Å². The molecule has 0 atom stereocenters. The molecule has 0 saturated heterocycles. The van der Waals surface area contributed by atoms with Gasteiger partial charge in [0.25, 0.3) is 5.56 Å². The molecule has 23 heavy (non-hydrogen) atoms. The van der Waals surface area contributed by atoms with Gasteiger partial charge in [0.1, 0.15) is 5.82 Å². The van der Waals surface area contributed by atoms with Crippen LogP contribution in [-0.2, 0) is 19.5 Å². The molecule has 2 N–H and O–H groups in total. The molecule has 1 aliphatic rings. The fraction of sp³-hybridized carbons (Fsp3) is 0.333. The van der Waals surface area contributed by atoms with Crippen molar-refractivity contribution in [3.8, 4) is 0 Å². The lowest BCUT2D eigenvalue weighted by atomic mass is 10.1. The van der Waals surface area contributed by atoms with Gasteiger partial charge in [0.15, 0.2) is 0 Å². The summed E-state index contributed by atoms with van der Waals surface area (Å²) >= 11 is 0. The van der Waals surface area contributed by atoms with Gasteiger partial charge in [0.2, 0.25) is 0 Å². The summed E-state index contributed by atoms with van der Waals surface area (Å²) in [5.41, 5.74) is 5.49. The van der Waals surface area contributed by atoms with Crippen LogP contribution in [0, 0.1) is 13.8 Å². The van der Waals surface area contributed by atoms with Crippen molar-refractivity contribution in [2.24, 2.45) is 0 Å². The van der Waals surface area contributed by atoms with Crippen LogP contribution in [0.1, 0.15) is 28.2 Å². The van der Waals surface area contributed by atoms with Crippen molar-refractivity contribution in [2.75, 3.05) is 6.54 Å². The highest BCUT2D eigenvalue weighted by Gasteiger charge is 2.21. The molecule has 0 amide bonds. The molecule has 0 unspecified atom stereocenters. The van der Waals surface area contributed by atoms with Crippen molar-refractivity contribution in [1.82, 2.24) is 19.9 Å². The molecule has 0 aliphatic carbocycles. The quantitative estimate of drug-likeness (QED) is 0.764. The summed E-state index contributed by atoms with van der Waals surface area (Å²) in [7, 11) is 0. The van der Waals surface area contributed by atoms with Gasteiger partial charge in [0.05, 0.1) is 11.3 Å². The molecule has 118 valence electrons. The van der Waals surface area contributed by atoms with E-state index in [9.17, 15) is 4.79 Å². The average Bonchev–Trinajstić information content (AvgIpc) is 2.90. The Hall–Kier alpha value is -2.40. The summed E-state index contributed by atoms with van der Waals surface area (Å²) in [5.74, 6) is 0.703. The first kappa shape index (κ1) is 14.2. The molecule has 1 aliphatic heterocycles. The van der Waals surface area contributed by atoms with Crippen LogP contribution in [0.3, 0.4) is 0 Å². The van der Waals surface area contributed by atoms with E-state index < -0.39 is 0 Å². The Morgan fingerprint density at radius 1 is 1.30 bits per heavy atom. The first-order chi connectivity index (χ1) is 11.1. The summed E-state index contributed by atoms with van der Waals surface area (Å²) < 4.78 is 0. The molecule has 3 aromatic rings. The third-order valence-electron chi connectivity index (χ3n) is 4.58. The molecule has 1 aromatic carbocycles. The van der Waals surface area contributed by atoms with Gasteiger partial charge in [-0.05, 0) is 31.0 Å². The molecule has 3 heterocycles.